The zero-order valence-electron chi connectivity index (χ0n) is 13.5. The average Bonchev–Trinajstić information content (AvgIpc) is 2.28. The summed E-state index contributed by atoms with van der Waals surface area (Å²) in [6.07, 6.45) is 0. The Hall–Kier alpha value is -0.120. The molecule has 0 aromatic carbocycles. The fraction of sp³-hybridized carbons (Fsp3) is 1.00. The molecule has 1 aliphatic rings. The number of piperazine rings is 1. The van der Waals surface area contributed by atoms with Crippen molar-refractivity contribution >= 4 is 0 Å². The van der Waals surface area contributed by atoms with Gasteiger partial charge in [0.1, 0.15) is 0 Å². The molecule has 0 radical (unpaired) electrons. The summed E-state index contributed by atoms with van der Waals surface area (Å²) < 4.78 is 0. The van der Waals surface area contributed by atoms with Crippen LogP contribution in [0.1, 0.15) is 41.5 Å². The van der Waals surface area contributed by atoms with Crippen LogP contribution in [0.5, 0.6) is 0 Å². The first kappa shape index (κ1) is 15.9. The van der Waals surface area contributed by atoms with E-state index >= 15 is 0 Å². The topological polar surface area (TPSA) is 18.5 Å². The van der Waals surface area contributed by atoms with E-state index in [1.54, 1.807) is 0 Å². The molecule has 0 saturated carbocycles. The number of likely N-dealkylation sites (N-methyl/N-ethyl adjacent to an activating group) is 1. The second-order valence-electron chi connectivity index (χ2n) is 6.99. The number of hydrogen-bond donors (Lipinski definition) is 1. The molecule has 108 valence electrons. The Morgan fingerprint density at radius 3 is 2.22 bits per heavy atom. The van der Waals surface area contributed by atoms with Gasteiger partial charge in [-0.1, -0.05) is 20.8 Å². The van der Waals surface area contributed by atoms with Crippen molar-refractivity contribution in [2.45, 2.75) is 59.2 Å². The van der Waals surface area contributed by atoms with Crippen molar-refractivity contribution in [3.05, 3.63) is 0 Å². The van der Waals surface area contributed by atoms with E-state index in [9.17, 15) is 0 Å². The molecule has 0 aliphatic carbocycles. The molecule has 1 rings (SSSR count). The van der Waals surface area contributed by atoms with E-state index in [4.69, 9.17) is 0 Å². The van der Waals surface area contributed by atoms with E-state index in [0.29, 0.717) is 23.5 Å². The second kappa shape index (κ2) is 6.36. The molecule has 1 heterocycles. The molecule has 18 heavy (non-hydrogen) atoms. The monoisotopic (exact) mass is 255 g/mol. The van der Waals surface area contributed by atoms with Crippen molar-refractivity contribution in [1.82, 2.24) is 15.1 Å². The van der Waals surface area contributed by atoms with Crippen LogP contribution in [-0.2, 0) is 0 Å². The molecular formula is C15H33N3. The molecule has 1 N–H and O–H groups in total. The first-order valence-corrected chi connectivity index (χ1v) is 7.42. The van der Waals surface area contributed by atoms with Crippen LogP contribution in [0.25, 0.3) is 0 Å². The van der Waals surface area contributed by atoms with Crippen LogP contribution in [0.3, 0.4) is 0 Å². The summed E-state index contributed by atoms with van der Waals surface area (Å²) in [6.45, 7) is 18.6. The van der Waals surface area contributed by atoms with Gasteiger partial charge < -0.3 is 5.32 Å². The van der Waals surface area contributed by atoms with Crippen LogP contribution in [0, 0.1) is 5.92 Å². The summed E-state index contributed by atoms with van der Waals surface area (Å²) in [6, 6.07) is 1.24. The quantitative estimate of drug-likeness (QED) is 0.811. The van der Waals surface area contributed by atoms with Crippen LogP contribution >= 0.6 is 0 Å². The Balaban J connectivity index is 2.49. The minimum absolute atomic E-state index is 0.303. The predicted octanol–water partition coefficient (Wildman–Crippen LogP) is 2.03. The molecule has 1 fully saturated rings. The highest BCUT2D eigenvalue weighted by atomic mass is 15.3. The van der Waals surface area contributed by atoms with Crippen molar-refractivity contribution < 1.29 is 0 Å². The molecule has 2 unspecified atom stereocenters. The van der Waals surface area contributed by atoms with E-state index < -0.39 is 0 Å². The highest BCUT2D eigenvalue weighted by Crippen LogP contribution is 2.22. The van der Waals surface area contributed by atoms with Gasteiger partial charge >= 0.3 is 0 Å². The lowest BCUT2D eigenvalue weighted by atomic mass is 9.94. The Morgan fingerprint density at radius 1 is 1.11 bits per heavy atom. The van der Waals surface area contributed by atoms with Crippen LogP contribution in [0.2, 0.25) is 0 Å². The third-order valence-electron chi connectivity index (χ3n) is 4.59. The molecular weight excluding hydrogens is 222 g/mol. The fourth-order valence-electron chi connectivity index (χ4n) is 2.58. The summed E-state index contributed by atoms with van der Waals surface area (Å²) in [5.41, 5.74) is 0.303. The maximum absolute atomic E-state index is 3.56. The van der Waals surface area contributed by atoms with Crippen LogP contribution in [-0.4, -0.2) is 60.6 Å². The standard InChI is InChI=1S/C15H33N3/c1-12(2)16-10-13(3)14(4)18-9-8-17(7)15(5,6)11-18/h12-14,16H,8-11H2,1-7H3. The van der Waals surface area contributed by atoms with Gasteiger partial charge in [0, 0.05) is 37.3 Å². The lowest BCUT2D eigenvalue weighted by Gasteiger charge is -2.48. The molecule has 0 bridgehead atoms. The fourth-order valence-corrected chi connectivity index (χ4v) is 2.58. The van der Waals surface area contributed by atoms with Gasteiger partial charge in [-0.2, -0.15) is 0 Å². The summed E-state index contributed by atoms with van der Waals surface area (Å²) in [7, 11) is 2.24. The molecule has 3 heteroatoms. The van der Waals surface area contributed by atoms with E-state index in [1.807, 2.05) is 0 Å². The zero-order valence-corrected chi connectivity index (χ0v) is 13.5. The number of rotatable bonds is 5. The molecule has 1 aliphatic heterocycles. The van der Waals surface area contributed by atoms with Crippen molar-refractivity contribution in [2.75, 3.05) is 33.2 Å². The SMILES string of the molecule is CC(C)NCC(C)C(C)N1CCN(C)C(C)(C)C1. The lowest BCUT2D eigenvalue weighted by Crippen LogP contribution is -2.60. The summed E-state index contributed by atoms with van der Waals surface area (Å²) in [5.74, 6) is 0.701. The van der Waals surface area contributed by atoms with E-state index in [2.05, 4.69) is 63.7 Å². The molecule has 2 atom stereocenters. The van der Waals surface area contributed by atoms with Crippen molar-refractivity contribution in [3.8, 4) is 0 Å². The zero-order chi connectivity index (χ0) is 13.9. The summed E-state index contributed by atoms with van der Waals surface area (Å²) in [5, 5.41) is 3.56. The average molecular weight is 255 g/mol. The van der Waals surface area contributed by atoms with Gasteiger partial charge in [0.25, 0.3) is 0 Å². The minimum atomic E-state index is 0.303. The van der Waals surface area contributed by atoms with Crippen LogP contribution < -0.4 is 5.32 Å². The molecule has 1 saturated heterocycles. The Kier molecular flexibility index (Phi) is 5.63. The first-order chi connectivity index (χ1) is 8.24. The van der Waals surface area contributed by atoms with Gasteiger partial charge in [-0.05, 0) is 40.3 Å². The van der Waals surface area contributed by atoms with E-state index in [1.165, 1.54) is 19.6 Å². The normalized spacial score (nSPS) is 25.3. The van der Waals surface area contributed by atoms with Crippen molar-refractivity contribution in [3.63, 3.8) is 0 Å². The largest absolute Gasteiger partial charge is 0.314 e. The first-order valence-electron chi connectivity index (χ1n) is 7.42. The van der Waals surface area contributed by atoms with Gasteiger partial charge in [0.05, 0.1) is 0 Å². The highest BCUT2D eigenvalue weighted by molar-refractivity contribution is 4.91. The Bertz CT molecular complexity index is 250. The highest BCUT2D eigenvalue weighted by Gasteiger charge is 2.34. The minimum Gasteiger partial charge on any atom is -0.314 e. The Labute approximate surface area is 114 Å². The number of nitrogens with zero attached hydrogens (tertiary/aromatic N) is 2. The number of nitrogens with one attached hydrogen (secondary N) is 1. The number of hydrogen-bond acceptors (Lipinski definition) is 3. The third kappa shape index (κ3) is 4.22. The molecule has 0 amide bonds. The van der Waals surface area contributed by atoms with E-state index in [0.717, 1.165) is 6.54 Å². The predicted molar refractivity (Wildman–Crippen MR) is 80.0 cm³/mol. The second-order valence-corrected chi connectivity index (χ2v) is 6.99. The maximum Gasteiger partial charge on any atom is 0.0277 e. The Morgan fingerprint density at radius 2 is 1.72 bits per heavy atom. The smallest absolute Gasteiger partial charge is 0.0277 e. The third-order valence-corrected chi connectivity index (χ3v) is 4.59. The molecule has 0 aromatic heterocycles. The van der Waals surface area contributed by atoms with E-state index in [-0.39, 0.29) is 0 Å². The van der Waals surface area contributed by atoms with Crippen molar-refractivity contribution in [1.29, 1.82) is 0 Å². The maximum atomic E-state index is 3.56. The van der Waals surface area contributed by atoms with Gasteiger partial charge in [0.15, 0.2) is 0 Å². The van der Waals surface area contributed by atoms with Crippen LogP contribution in [0.4, 0.5) is 0 Å². The van der Waals surface area contributed by atoms with Gasteiger partial charge in [-0.3, -0.25) is 9.80 Å². The summed E-state index contributed by atoms with van der Waals surface area (Å²) >= 11 is 0. The molecule has 0 spiro atoms. The lowest BCUT2D eigenvalue weighted by molar-refractivity contribution is 0.00846. The summed E-state index contributed by atoms with van der Waals surface area (Å²) in [4.78, 5) is 5.14. The van der Waals surface area contributed by atoms with Gasteiger partial charge in [-0.25, -0.2) is 0 Å². The van der Waals surface area contributed by atoms with Gasteiger partial charge in [-0.15, -0.1) is 0 Å². The molecule has 3 nitrogen and oxygen atoms in total. The van der Waals surface area contributed by atoms with Crippen molar-refractivity contribution in [2.24, 2.45) is 5.92 Å². The van der Waals surface area contributed by atoms with Crippen LogP contribution in [0.15, 0.2) is 0 Å². The van der Waals surface area contributed by atoms with Gasteiger partial charge in [0.2, 0.25) is 0 Å². The molecule has 0 aromatic rings.